The van der Waals surface area contributed by atoms with Crippen LogP contribution in [0.5, 0.6) is 0 Å². The molecule has 5 nitrogen and oxygen atoms in total. The number of rotatable bonds is 4. The van der Waals surface area contributed by atoms with Gasteiger partial charge in [0.25, 0.3) is 0 Å². The molecule has 7 heteroatoms. The van der Waals surface area contributed by atoms with Crippen molar-refractivity contribution in [3.05, 3.63) is 0 Å². The monoisotopic (exact) mass is 458 g/mol. The van der Waals surface area contributed by atoms with Crippen molar-refractivity contribution in [3.8, 4) is 0 Å². The number of ether oxygens (including phenoxy) is 4. The second kappa shape index (κ2) is 6.81. The minimum atomic E-state index is -1.99. The molecule has 2 aliphatic rings. The van der Waals surface area contributed by atoms with Gasteiger partial charge in [-0.25, -0.2) is 0 Å². The van der Waals surface area contributed by atoms with E-state index in [4.69, 9.17) is 23.4 Å². The summed E-state index contributed by atoms with van der Waals surface area (Å²) in [6.07, 6.45) is -1.04. The first-order valence-electron chi connectivity index (χ1n) is 8.19. The van der Waals surface area contributed by atoms with Crippen molar-refractivity contribution >= 4 is 30.9 Å². The average molecular weight is 458 g/mol. The van der Waals surface area contributed by atoms with Gasteiger partial charge in [-0.3, -0.25) is 0 Å². The van der Waals surface area contributed by atoms with Gasteiger partial charge in [0.2, 0.25) is 0 Å². The molecule has 2 fully saturated rings. The lowest BCUT2D eigenvalue weighted by molar-refractivity contribution is -0.259. The molecule has 23 heavy (non-hydrogen) atoms. The molecule has 136 valence electrons. The van der Waals surface area contributed by atoms with Gasteiger partial charge in [0.15, 0.2) is 20.4 Å². The molecule has 0 N–H and O–H groups in total. The van der Waals surface area contributed by atoms with Gasteiger partial charge in [-0.1, -0.05) is 43.4 Å². The van der Waals surface area contributed by atoms with Gasteiger partial charge in [0.1, 0.15) is 18.3 Å². The van der Waals surface area contributed by atoms with Crippen molar-refractivity contribution in [1.82, 2.24) is 0 Å². The Balaban J connectivity index is 2.28. The first-order valence-corrected chi connectivity index (χ1v) is 12.6. The van der Waals surface area contributed by atoms with Crippen molar-refractivity contribution < 1.29 is 23.4 Å². The molecule has 0 saturated carbocycles. The van der Waals surface area contributed by atoms with E-state index in [1.54, 1.807) is 7.11 Å². The van der Waals surface area contributed by atoms with Gasteiger partial charge in [0.05, 0.1) is 6.10 Å². The Morgan fingerprint density at radius 3 is 2.17 bits per heavy atom. The lowest BCUT2D eigenvalue weighted by Crippen LogP contribution is -2.61. The largest absolute Gasteiger partial charge is 0.406 e. The minimum Gasteiger partial charge on any atom is -0.406 e. The highest BCUT2D eigenvalue weighted by molar-refractivity contribution is 14.1. The fraction of sp³-hybridized carbons (Fsp3) is 1.00. The second-order valence-corrected chi connectivity index (χ2v) is 14.0. The van der Waals surface area contributed by atoms with E-state index in [0.717, 1.165) is 4.43 Å². The van der Waals surface area contributed by atoms with E-state index in [-0.39, 0.29) is 29.5 Å². The SMILES string of the molecule is CO[C@H]1O[C@H](CI)[C@@H]2OC(C)(C)O[C@@H]2[C@H]1O[Si](C)(C)C(C)(C)C. The van der Waals surface area contributed by atoms with Crippen LogP contribution in [0.1, 0.15) is 34.6 Å². The predicted octanol–water partition coefficient (Wildman–Crippen LogP) is 3.70. The lowest BCUT2D eigenvalue weighted by atomic mass is 10.0. The Labute approximate surface area is 155 Å². The molecule has 0 unspecified atom stereocenters. The molecule has 0 spiro atoms. The van der Waals surface area contributed by atoms with E-state index in [1.807, 2.05) is 13.8 Å². The highest BCUT2D eigenvalue weighted by Gasteiger charge is 2.57. The number of hydrogen-bond acceptors (Lipinski definition) is 5. The fourth-order valence-corrected chi connectivity index (χ4v) is 4.78. The third kappa shape index (κ3) is 4.12. The van der Waals surface area contributed by atoms with Crippen LogP contribution in [-0.2, 0) is 23.4 Å². The van der Waals surface area contributed by atoms with Gasteiger partial charge in [-0.05, 0) is 32.0 Å². The molecule has 2 aliphatic heterocycles. The minimum absolute atomic E-state index is 0.0495. The summed E-state index contributed by atoms with van der Waals surface area (Å²) in [5.41, 5.74) is 0. The lowest BCUT2D eigenvalue weighted by Gasteiger charge is -2.46. The normalized spacial score (nSPS) is 37.7. The Morgan fingerprint density at radius 2 is 1.70 bits per heavy atom. The number of halogens is 1. The summed E-state index contributed by atoms with van der Waals surface area (Å²) in [5.74, 6) is -0.625. The van der Waals surface area contributed by atoms with Gasteiger partial charge in [0, 0.05) is 11.5 Å². The summed E-state index contributed by atoms with van der Waals surface area (Å²) < 4.78 is 31.5. The van der Waals surface area contributed by atoms with Gasteiger partial charge in [-0.2, -0.15) is 0 Å². The maximum absolute atomic E-state index is 6.63. The van der Waals surface area contributed by atoms with Crippen molar-refractivity contribution in [2.75, 3.05) is 11.5 Å². The zero-order valence-corrected chi connectivity index (χ0v) is 18.7. The number of alkyl halides is 1. The zero-order valence-electron chi connectivity index (χ0n) is 15.5. The van der Waals surface area contributed by atoms with E-state index in [1.165, 1.54) is 0 Å². The molecule has 0 aliphatic carbocycles. The highest BCUT2D eigenvalue weighted by atomic mass is 127. The quantitative estimate of drug-likeness (QED) is 0.365. The smallest absolute Gasteiger partial charge is 0.192 e. The highest BCUT2D eigenvalue weighted by Crippen LogP contribution is 2.43. The van der Waals surface area contributed by atoms with Gasteiger partial charge >= 0.3 is 0 Å². The van der Waals surface area contributed by atoms with Crippen LogP contribution in [-0.4, -0.2) is 56.3 Å². The summed E-state index contributed by atoms with van der Waals surface area (Å²) in [6, 6.07) is 0. The van der Waals surface area contributed by atoms with Crippen molar-refractivity contribution in [2.24, 2.45) is 0 Å². The topological polar surface area (TPSA) is 46.2 Å². The first-order chi connectivity index (χ1) is 10.4. The molecular formula is C16H31IO5Si. The van der Waals surface area contributed by atoms with E-state index in [9.17, 15) is 0 Å². The molecule has 2 rings (SSSR count). The Kier molecular flexibility index (Phi) is 5.94. The van der Waals surface area contributed by atoms with Crippen molar-refractivity contribution in [1.29, 1.82) is 0 Å². The van der Waals surface area contributed by atoms with Crippen LogP contribution < -0.4 is 0 Å². The van der Waals surface area contributed by atoms with E-state index in [2.05, 4.69) is 56.5 Å². The summed E-state index contributed by atoms with van der Waals surface area (Å²) >= 11 is 2.32. The summed E-state index contributed by atoms with van der Waals surface area (Å²) in [4.78, 5) is 0. The van der Waals surface area contributed by atoms with Crippen LogP contribution >= 0.6 is 22.6 Å². The van der Waals surface area contributed by atoms with Crippen LogP contribution in [0.4, 0.5) is 0 Å². The molecule has 2 heterocycles. The molecule has 0 radical (unpaired) electrons. The summed E-state index contributed by atoms with van der Waals surface area (Å²) in [5, 5.41) is 0.107. The molecule has 0 bridgehead atoms. The molecule has 2 saturated heterocycles. The van der Waals surface area contributed by atoms with Crippen LogP contribution in [0.15, 0.2) is 0 Å². The van der Waals surface area contributed by atoms with Gasteiger partial charge < -0.3 is 23.4 Å². The summed E-state index contributed by atoms with van der Waals surface area (Å²) in [7, 11) is -0.321. The second-order valence-electron chi connectivity index (χ2n) is 8.34. The van der Waals surface area contributed by atoms with Crippen LogP contribution in [0.25, 0.3) is 0 Å². The fourth-order valence-electron chi connectivity index (χ4n) is 2.79. The van der Waals surface area contributed by atoms with Crippen molar-refractivity contribution in [2.45, 2.75) is 89.2 Å². The zero-order chi connectivity index (χ0) is 17.6. The third-order valence-corrected chi connectivity index (χ3v) is 10.4. The van der Waals surface area contributed by atoms with Gasteiger partial charge in [-0.15, -0.1) is 0 Å². The Bertz CT molecular complexity index is 423. The number of hydrogen-bond donors (Lipinski definition) is 0. The van der Waals surface area contributed by atoms with Crippen LogP contribution in [0, 0.1) is 0 Å². The molecule has 0 aromatic carbocycles. The molecule has 5 atom stereocenters. The molecular weight excluding hydrogens is 427 g/mol. The van der Waals surface area contributed by atoms with Crippen molar-refractivity contribution in [3.63, 3.8) is 0 Å². The molecule has 0 aromatic heterocycles. The van der Waals surface area contributed by atoms with E-state index < -0.39 is 20.4 Å². The number of fused-ring (bicyclic) bond motifs is 1. The van der Waals surface area contributed by atoms with E-state index in [0.29, 0.717) is 0 Å². The Morgan fingerprint density at radius 1 is 1.13 bits per heavy atom. The summed E-state index contributed by atoms with van der Waals surface area (Å²) in [6.45, 7) is 15.0. The third-order valence-electron chi connectivity index (χ3n) is 5.05. The average Bonchev–Trinajstić information content (AvgIpc) is 2.73. The first kappa shape index (κ1) is 20.1. The maximum atomic E-state index is 6.63. The predicted molar refractivity (Wildman–Crippen MR) is 100 cm³/mol. The Hall–Kier alpha value is 0.747. The van der Waals surface area contributed by atoms with E-state index >= 15 is 0 Å². The number of methoxy groups -OCH3 is 1. The van der Waals surface area contributed by atoms with Crippen LogP contribution in [0.2, 0.25) is 18.1 Å². The standard InChI is InChI=1S/C16H31IO5Si/c1-15(2,3)23(7,8)22-13-12-11(20-16(4,5)21-12)10(9-17)19-14(13)18-6/h10-14H,9H2,1-8H3/t10-,11+,12+,13-,14+/m1/s1. The molecule has 0 amide bonds. The maximum Gasteiger partial charge on any atom is 0.192 e. The molecule has 0 aromatic rings. The van der Waals surface area contributed by atoms with Crippen LogP contribution in [0.3, 0.4) is 0 Å².